The number of guanidine groups is 1. The van der Waals surface area contributed by atoms with Crippen LogP contribution < -0.4 is 10.6 Å². The molecule has 2 N–H and O–H groups in total. The van der Waals surface area contributed by atoms with Gasteiger partial charge in [-0.05, 0) is 38.3 Å². The topological polar surface area (TPSA) is 36.4 Å². The number of aliphatic imine (C=N–C) groups is 1. The minimum Gasteiger partial charge on any atom is -0.357 e. The van der Waals surface area contributed by atoms with Crippen LogP contribution in [0.4, 0.5) is 0 Å². The van der Waals surface area contributed by atoms with E-state index in [1.807, 2.05) is 6.92 Å². The molecule has 3 heteroatoms. The molecule has 19 heavy (non-hydrogen) atoms. The van der Waals surface area contributed by atoms with Crippen molar-refractivity contribution in [2.45, 2.75) is 33.7 Å². The fraction of sp³-hybridized carbons (Fsp3) is 0.438. The predicted molar refractivity (Wildman–Crippen MR) is 83.4 cm³/mol. The number of nitrogens with zero attached hydrogens (tertiary/aromatic N) is 1. The second-order valence-electron chi connectivity index (χ2n) is 4.41. The van der Waals surface area contributed by atoms with Gasteiger partial charge in [0.2, 0.25) is 0 Å². The van der Waals surface area contributed by atoms with Crippen LogP contribution in [-0.2, 0) is 6.54 Å². The Morgan fingerprint density at radius 3 is 2.74 bits per heavy atom. The average molecular weight is 259 g/mol. The maximum atomic E-state index is 4.61. The molecule has 0 aliphatic heterocycles. The highest BCUT2D eigenvalue weighted by molar-refractivity contribution is 5.79. The lowest BCUT2D eigenvalue weighted by Crippen LogP contribution is -2.37. The molecular formula is C16H25N3. The molecule has 0 aliphatic rings. The first-order valence-corrected chi connectivity index (χ1v) is 6.95. The highest BCUT2D eigenvalue weighted by Gasteiger charge is 1.98. The lowest BCUT2D eigenvalue weighted by molar-refractivity contribution is 0.809. The Hall–Kier alpha value is -1.77. The van der Waals surface area contributed by atoms with Crippen molar-refractivity contribution in [2.24, 2.45) is 4.99 Å². The molecule has 0 saturated heterocycles. The molecule has 0 spiro atoms. The van der Waals surface area contributed by atoms with Crippen molar-refractivity contribution in [1.82, 2.24) is 10.6 Å². The van der Waals surface area contributed by atoms with E-state index in [9.17, 15) is 0 Å². The molecule has 104 valence electrons. The zero-order valence-electron chi connectivity index (χ0n) is 12.2. The molecule has 1 rings (SSSR count). The summed E-state index contributed by atoms with van der Waals surface area (Å²) in [4.78, 5) is 4.61. The summed E-state index contributed by atoms with van der Waals surface area (Å²) in [6, 6.07) is 8.37. The second-order valence-corrected chi connectivity index (χ2v) is 4.41. The molecule has 0 amide bonds. The summed E-state index contributed by atoms with van der Waals surface area (Å²) < 4.78 is 0. The van der Waals surface area contributed by atoms with Crippen LogP contribution in [0.3, 0.4) is 0 Å². The number of benzene rings is 1. The molecule has 1 aromatic rings. The van der Waals surface area contributed by atoms with E-state index in [-0.39, 0.29) is 0 Å². The summed E-state index contributed by atoms with van der Waals surface area (Å²) in [5.41, 5.74) is 2.56. The monoisotopic (exact) mass is 259 g/mol. The van der Waals surface area contributed by atoms with Gasteiger partial charge in [-0.15, -0.1) is 0 Å². The quantitative estimate of drug-likeness (QED) is 0.356. The first-order chi connectivity index (χ1) is 9.27. The summed E-state index contributed by atoms with van der Waals surface area (Å²) in [5, 5.41) is 6.60. The van der Waals surface area contributed by atoms with Crippen LogP contribution in [0.25, 0.3) is 0 Å². The van der Waals surface area contributed by atoms with Gasteiger partial charge < -0.3 is 10.6 Å². The molecule has 0 heterocycles. The van der Waals surface area contributed by atoms with Crippen LogP contribution >= 0.6 is 0 Å². The van der Waals surface area contributed by atoms with Gasteiger partial charge in [-0.25, -0.2) is 4.99 Å². The van der Waals surface area contributed by atoms with E-state index in [2.05, 4.69) is 65.9 Å². The zero-order valence-corrected chi connectivity index (χ0v) is 12.2. The summed E-state index contributed by atoms with van der Waals surface area (Å²) in [5.74, 6) is 0.884. The van der Waals surface area contributed by atoms with Gasteiger partial charge in [0.05, 0.1) is 6.54 Å². The van der Waals surface area contributed by atoms with E-state index >= 15 is 0 Å². The maximum absolute atomic E-state index is 4.61. The maximum Gasteiger partial charge on any atom is 0.191 e. The average Bonchev–Trinajstić information content (AvgIpc) is 2.42. The minimum atomic E-state index is 0.714. The summed E-state index contributed by atoms with van der Waals surface area (Å²) >= 11 is 0. The van der Waals surface area contributed by atoms with Gasteiger partial charge in [0.15, 0.2) is 5.96 Å². The Bertz CT molecular complexity index is 422. The largest absolute Gasteiger partial charge is 0.357 e. The lowest BCUT2D eigenvalue weighted by Gasteiger charge is -2.11. The Morgan fingerprint density at radius 1 is 1.26 bits per heavy atom. The summed E-state index contributed by atoms with van der Waals surface area (Å²) in [6.45, 7) is 8.74. The summed E-state index contributed by atoms with van der Waals surface area (Å²) in [6.07, 6.45) is 5.24. The standard InChI is InChI=1S/C16H25N3/c1-4-6-9-12-18-16(17-5-2)19-13-15-11-8-7-10-14(15)3/h4,6-8,10-11H,5,9,12-13H2,1-3H3,(H2,17,18,19)/b6-4+. The van der Waals surface area contributed by atoms with Crippen LogP contribution in [0.5, 0.6) is 0 Å². The van der Waals surface area contributed by atoms with Gasteiger partial charge >= 0.3 is 0 Å². The minimum absolute atomic E-state index is 0.714. The third-order valence-corrected chi connectivity index (χ3v) is 2.85. The van der Waals surface area contributed by atoms with Gasteiger partial charge in [-0.2, -0.15) is 0 Å². The van der Waals surface area contributed by atoms with Crippen LogP contribution in [0.1, 0.15) is 31.4 Å². The van der Waals surface area contributed by atoms with Crippen molar-refractivity contribution in [1.29, 1.82) is 0 Å². The lowest BCUT2D eigenvalue weighted by atomic mass is 10.1. The zero-order chi connectivity index (χ0) is 13.9. The Kier molecular flexibility index (Phi) is 7.40. The van der Waals surface area contributed by atoms with Gasteiger partial charge in [0.1, 0.15) is 0 Å². The van der Waals surface area contributed by atoms with Gasteiger partial charge in [0.25, 0.3) is 0 Å². The first-order valence-electron chi connectivity index (χ1n) is 6.95. The Morgan fingerprint density at radius 2 is 2.05 bits per heavy atom. The van der Waals surface area contributed by atoms with Crippen LogP contribution in [0.2, 0.25) is 0 Å². The molecular weight excluding hydrogens is 234 g/mol. The van der Waals surface area contributed by atoms with Gasteiger partial charge in [0, 0.05) is 13.1 Å². The predicted octanol–water partition coefficient (Wildman–Crippen LogP) is 3.02. The molecule has 0 radical (unpaired) electrons. The SMILES string of the molecule is C/C=C/CCNC(=NCc1ccccc1C)NCC. The van der Waals surface area contributed by atoms with Crippen LogP contribution in [0, 0.1) is 6.92 Å². The van der Waals surface area contributed by atoms with E-state index in [0.29, 0.717) is 6.54 Å². The Labute approximate surface area is 116 Å². The third-order valence-electron chi connectivity index (χ3n) is 2.85. The fourth-order valence-corrected chi connectivity index (χ4v) is 1.73. The highest BCUT2D eigenvalue weighted by Crippen LogP contribution is 2.07. The molecule has 0 aromatic heterocycles. The second kappa shape index (κ2) is 9.20. The van der Waals surface area contributed by atoms with Gasteiger partial charge in [-0.1, -0.05) is 36.4 Å². The molecule has 0 saturated carbocycles. The van der Waals surface area contributed by atoms with E-state index in [4.69, 9.17) is 0 Å². The molecule has 1 aromatic carbocycles. The number of nitrogens with one attached hydrogen (secondary N) is 2. The van der Waals surface area contributed by atoms with Crippen molar-refractivity contribution in [3.63, 3.8) is 0 Å². The highest BCUT2D eigenvalue weighted by atomic mass is 15.2. The van der Waals surface area contributed by atoms with E-state index in [0.717, 1.165) is 25.5 Å². The molecule has 0 unspecified atom stereocenters. The number of hydrogen-bond donors (Lipinski definition) is 2. The van der Waals surface area contributed by atoms with Crippen molar-refractivity contribution in [2.75, 3.05) is 13.1 Å². The number of aryl methyl sites for hydroxylation is 1. The fourth-order valence-electron chi connectivity index (χ4n) is 1.73. The van der Waals surface area contributed by atoms with E-state index in [1.54, 1.807) is 0 Å². The summed E-state index contributed by atoms with van der Waals surface area (Å²) in [7, 11) is 0. The molecule has 0 atom stereocenters. The van der Waals surface area contributed by atoms with Crippen LogP contribution in [0.15, 0.2) is 41.4 Å². The van der Waals surface area contributed by atoms with Crippen molar-refractivity contribution < 1.29 is 0 Å². The number of hydrogen-bond acceptors (Lipinski definition) is 1. The molecule has 0 bridgehead atoms. The van der Waals surface area contributed by atoms with Crippen molar-refractivity contribution in [3.8, 4) is 0 Å². The molecule has 3 nitrogen and oxygen atoms in total. The molecule has 0 aliphatic carbocycles. The van der Waals surface area contributed by atoms with Crippen molar-refractivity contribution >= 4 is 5.96 Å². The number of allylic oxidation sites excluding steroid dienone is 1. The van der Waals surface area contributed by atoms with Crippen molar-refractivity contribution in [3.05, 3.63) is 47.5 Å². The smallest absolute Gasteiger partial charge is 0.191 e. The van der Waals surface area contributed by atoms with E-state index < -0.39 is 0 Å². The normalized spacial score (nSPS) is 11.8. The van der Waals surface area contributed by atoms with Crippen LogP contribution in [-0.4, -0.2) is 19.0 Å². The van der Waals surface area contributed by atoms with Gasteiger partial charge in [-0.3, -0.25) is 0 Å². The first kappa shape index (κ1) is 15.3. The van der Waals surface area contributed by atoms with E-state index in [1.165, 1.54) is 11.1 Å². The molecule has 0 fully saturated rings. The Balaban J connectivity index is 2.55. The number of rotatable bonds is 6. The third kappa shape index (κ3) is 6.09.